The fourth-order valence-electron chi connectivity index (χ4n) is 3.04. The number of likely N-dealkylation sites (tertiary alicyclic amines) is 1. The Bertz CT molecular complexity index is 623. The first-order valence-corrected chi connectivity index (χ1v) is 9.25. The van der Waals surface area contributed by atoms with Gasteiger partial charge in [-0.05, 0) is 42.9 Å². The number of carbonyl (C=O) groups excluding carboxylic acids is 1. The summed E-state index contributed by atoms with van der Waals surface area (Å²) in [6.45, 7) is 5.16. The molecule has 1 unspecified atom stereocenters. The third kappa shape index (κ3) is 4.08. The number of hydrogen-bond donors (Lipinski definition) is 1. The minimum atomic E-state index is -3.66. The van der Waals surface area contributed by atoms with Gasteiger partial charge in [-0.1, -0.05) is 26.0 Å². The quantitative estimate of drug-likeness (QED) is 0.898. The van der Waals surface area contributed by atoms with Crippen molar-refractivity contribution in [2.24, 2.45) is 11.1 Å². The molecule has 122 valence electrons. The largest absolute Gasteiger partial charge is 0.339 e. The van der Waals surface area contributed by atoms with Crippen molar-refractivity contribution < 1.29 is 13.2 Å². The van der Waals surface area contributed by atoms with E-state index in [2.05, 4.69) is 13.8 Å². The molecule has 1 heterocycles. The Kier molecular flexibility index (Phi) is 5.24. The van der Waals surface area contributed by atoms with Crippen LogP contribution >= 0.6 is 0 Å². The first kappa shape index (κ1) is 17.0. The van der Waals surface area contributed by atoms with Gasteiger partial charge in [0, 0.05) is 19.0 Å². The molecule has 1 saturated heterocycles. The third-order valence-corrected chi connectivity index (χ3v) is 5.20. The minimum Gasteiger partial charge on any atom is -0.339 e. The van der Waals surface area contributed by atoms with E-state index >= 15 is 0 Å². The van der Waals surface area contributed by atoms with Gasteiger partial charge in [0.15, 0.2) is 0 Å². The number of benzene rings is 1. The number of nitrogens with two attached hydrogens (primary N) is 1. The summed E-state index contributed by atoms with van der Waals surface area (Å²) in [5.41, 5.74) is 0.945. The Morgan fingerprint density at radius 1 is 1.32 bits per heavy atom. The van der Waals surface area contributed by atoms with Crippen molar-refractivity contribution in [2.45, 2.75) is 50.5 Å². The lowest BCUT2D eigenvalue weighted by molar-refractivity contribution is -0.132. The van der Waals surface area contributed by atoms with Crippen LogP contribution in [0.4, 0.5) is 0 Å². The number of nitrogens with zero attached hydrogens (tertiary/aromatic N) is 1. The van der Waals surface area contributed by atoms with E-state index in [1.807, 2.05) is 4.90 Å². The molecule has 22 heavy (non-hydrogen) atoms. The van der Waals surface area contributed by atoms with Crippen LogP contribution in [-0.4, -0.2) is 31.8 Å². The Morgan fingerprint density at radius 3 is 2.50 bits per heavy atom. The van der Waals surface area contributed by atoms with Crippen LogP contribution in [0.1, 0.15) is 38.7 Å². The molecule has 0 aliphatic carbocycles. The van der Waals surface area contributed by atoms with Crippen molar-refractivity contribution in [3.8, 4) is 0 Å². The highest BCUT2D eigenvalue weighted by Gasteiger charge is 2.30. The van der Waals surface area contributed by atoms with Crippen molar-refractivity contribution in [3.05, 3.63) is 29.8 Å². The van der Waals surface area contributed by atoms with Gasteiger partial charge in [0.1, 0.15) is 0 Å². The molecule has 5 nitrogen and oxygen atoms in total. The predicted octanol–water partition coefficient (Wildman–Crippen LogP) is 1.91. The molecule has 0 radical (unpaired) electrons. The highest BCUT2D eigenvalue weighted by atomic mass is 32.2. The van der Waals surface area contributed by atoms with E-state index in [1.165, 1.54) is 12.1 Å². The van der Waals surface area contributed by atoms with E-state index in [0.29, 0.717) is 24.8 Å². The Morgan fingerprint density at radius 2 is 1.95 bits per heavy atom. The van der Waals surface area contributed by atoms with Crippen molar-refractivity contribution >= 4 is 15.9 Å². The van der Waals surface area contributed by atoms with Gasteiger partial charge < -0.3 is 4.90 Å². The van der Waals surface area contributed by atoms with E-state index in [4.69, 9.17) is 5.14 Å². The summed E-state index contributed by atoms with van der Waals surface area (Å²) in [5.74, 6) is 0.673. The van der Waals surface area contributed by atoms with Gasteiger partial charge in [-0.3, -0.25) is 4.79 Å². The monoisotopic (exact) mass is 324 g/mol. The number of rotatable bonds is 5. The van der Waals surface area contributed by atoms with Crippen LogP contribution in [0.3, 0.4) is 0 Å². The van der Waals surface area contributed by atoms with Gasteiger partial charge in [-0.15, -0.1) is 0 Å². The van der Waals surface area contributed by atoms with E-state index in [1.54, 1.807) is 12.1 Å². The second-order valence-electron chi connectivity index (χ2n) is 6.23. The van der Waals surface area contributed by atoms with E-state index in [9.17, 15) is 13.2 Å². The molecule has 2 N–H and O–H groups in total. The first-order valence-electron chi connectivity index (χ1n) is 7.70. The molecular weight excluding hydrogens is 300 g/mol. The Hall–Kier alpha value is -1.40. The zero-order valence-electron chi connectivity index (χ0n) is 13.2. The molecule has 1 aliphatic rings. The number of primary sulfonamides is 1. The second kappa shape index (κ2) is 6.79. The van der Waals surface area contributed by atoms with Crippen LogP contribution in [0, 0.1) is 5.92 Å². The molecule has 0 bridgehead atoms. The standard InChI is InChI=1S/C16H24N2O3S/c1-12(2)15-4-3-11-18(15)16(19)10-7-13-5-8-14(9-6-13)22(17,20)21/h5-6,8-9,12,15H,3-4,7,10-11H2,1-2H3,(H2,17,20,21). The molecule has 0 saturated carbocycles. The van der Waals surface area contributed by atoms with Gasteiger partial charge in [-0.25, -0.2) is 13.6 Å². The summed E-state index contributed by atoms with van der Waals surface area (Å²) in [7, 11) is -3.66. The van der Waals surface area contributed by atoms with Gasteiger partial charge in [0.2, 0.25) is 15.9 Å². The summed E-state index contributed by atoms with van der Waals surface area (Å²) < 4.78 is 22.4. The molecule has 2 rings (SSSR count). The number of sulfonamides is 1. The highest BCUT2D eigenvalue weighted by molar-refractivity contribution is 7.89. The molecule has 1 aromatic rings. The lowest BCUT2D eigenvalue weighted by Gasteiger charge is -2.27. The van der Waals surface area contributed by atoms with Gasteiger partial charge >= 0.3 is 0 Å². The summed E-state index contributed by atoms with van der Waals surface area (Å²) >= 11 is 0. The molecule has 0 aromatic heterocycles. The van der Waals surface area contributed by atoms with Crippen molar-refractivity contribution in [3.63, 3.8) is 0 Å². The van der Waals surface area contributed by atoms with E-state index < -0.39 is 10.0 Å². The SMILES string of the molecule is CC(C)C1CCCN1C(=O)CCc1ccc(S(N)(=O)=O)cc1. The van der Waals surface area contributed by atoms with Gasteiger partial charge in [0.25, 0.3) is 0 Å². The summed E-state index contributed by atoms with van der Waals surface area (Å²) in [5, 5.41) is 5.07. The highest BCUT2D eigenvalue weighted by Crippen LogP contribution is 2.24. The molecule has 1 atom stereocenters. The first-order chi connectivity index (χ1) is 10.3. The zero-order valence-corrected chi connectivity index (χ0v) is 14.0. The molecule has 1 fully saturated rings. The maximum atomic E-state index is 12.4. The number of amides is 1. The molecule has 1 aromatic carbocycles. The van der Waals surface area contributed by atoms with Crippen molar-refractivity contribution in [2.75, 3.05) is 6.54 Å². The summed E-state index contributed by atoms with van der Waals surface area (Å²) in [6.07, 6.45) is 3.24. The molecular formula is C16H24N2O3S. The second-order valence-corrected chi connectivity index (χ2v) is 7.79. The van der Waals surface area contributed by atoms with E-state index in [0.717, 1.165) is 24.9 Å². The van der Waals surface area contributed by atoms with Crippen molar-refractivity contribution in [1.29, 1.82) is 0 Å². The fourth-order valence-corrected chi connectivity index (χ4v) is 3.55. The Balaban J connectivity index is 1.94. The van der Waals surface area contributed by atoms with Crippen LogP contribution < -0.4 is 5.14 Å². The average Bonchev–Trinajstić information content (AvgIpc) is 2.94. The zero-order chi connectivity index (χ0) is 16.3. The molecule has 1 aliphatic heterocycles. The molecule has 0 spiro atoms. The average molecular weight is 324 g/mol. The van der Waals surface area contributed by atoms with E-state index in [-0.39, 0.29) is 10.8 Å². The van der Waals surface area contributed by atoms with Crippen LogP contribution in [0.15, 0.2) is 29.2 Å². The van der Waals surface area contributed by atoms with Crippen molar-refractivity contribution in [1.82, 2.24) is 4.90 Å². The fraction of sp³-hybridized carbons (Fsp3) is 0.562. The summed E-state index contributed by atoms with van der Waals surface area (Å²) in [4.78, 5) is 14.5. The Labute approximate surface area is 132 Å². The van der Waals surface area contributed by atoms with Crippen LogP contribution in [0.25, 0.3) is 0 Å². The number of carbonyl (C=O) groups is 1. The van der Waals surface area contributed by atoms with Gasteiger partial charge in [0.05, 0.1) is 4.90 Å². The lowest BCUT2D eigenvalue weighted by Crippen LogP contribution is -2.38. The maximum absolute atomic E-state index is 12.4. The van der Waals surface area contributed by atoms with Crippen LogP contribution in [0.5, 0.6) is 0 Å². The van der Waals surface area contributed by atoms with Crippen LogP contribution in [-0.2, 0) is 21.2 Å². The predicted molar refractivity (Wildman–Crippen MR) is 85.7 cm³/mol. The third-order valence-electron chi connectivity index (χ3n) is 4.27. The summed E-state index contributed by atoms with van der Waals surface area (Å²) in [6, 6.07) is 6.77. The topological polar surface area (TPSA) is 80.5 Å². The van der Waals surface area contributed by atoms with Crippen LogP contribution in [0.2, 0.25) is 0 Å². The lowest BCUT2D eigenvalue weighted by atomic mass is 10.0. The number of hydrogen-bond acceptors (Lipinski definition) is 3. The smallest absolute Gasteiger partial charge is 0.238 e. The molecule has 1 amide bonds. The minimum absolute atomic E-state index is 0.0991. The maximum Gasteiger partial charge on any atom is 0.238 e. The normalized spacial score (nSPS) is 18.9. The van der Waals surface area contributed by atoms with Gasteiger partial charge in [-0.2, -0.15) is 0 Å². The number of aryl methyl sites for hydroxylation is 1. The molecule has 6 heteroatoms.